The molecule has 0 fully saturated rings. The molecule has 4 heteroatoms. The number of carbonyl (C=O) groups is 1. The summed E-state index contributed by atoms with van der Waals surface area (Å²) in [7, 11) is 0. The molecular formula is C11H16ClNO2. The molecule has 0 unspecified atom stereocenters. The Balaban J connectivity index is 2.64. The molecule has 0 bridgehead atoms. The van der Waals surface area contributed by atoms with Crippen molar-refractivity contribution in [1.29, 1.82) is 0 Å². The van der Waals surface area contributed by atoms with E-state index in [-0.39, 0.29) is 5.91 Å². The van der Waals surface area contributed by atoms with Crippen LogP contribution in [-0.2, 0) is 0 Å². The largest absolute Gasteiger partial charge is 0.469 e. The molecule has 0 saturated carbocycles. The first kappa shape index (κ1) is 12.1. The van der Waals surface area contributed by atoms with E-state index >= 15 is 0 Å². The molecule has 0 N–H and O–H groups in total. The number of carbonyl (C=O) groups excluding carboxylic acids is 1. The van der Waals surface area contributed by atoms with Gasteiger partial charge in [-0.3, -0.25) is 4.79 Å². The van der Waals surface area contributed by atoms with E-state index in [9.17, 15) is 4.79 Å². The summed E-state index contributed by atoms with van der Waals surface area (Å²) in [5, 5.41) is 0. The molecule has 0 aliphatic carbocycles. The van der Waals surface area contributed by atoms with E-state index in [1.54, 1.807) is 11.0 Å². The number of hydrogen-bond acceptors (Lipinski definition) is 2. The number of nitrogens with zero attached hydrogens (tertiary/aromatic N) is 1. The van der Waals surface area contributed by atoms with Crippen molar-refractivity contribution in [2.24, 2.45) is 0 Å². The lowest BCUT2D eigenvalue weighted by Crippen LogP contribution is -2.31. The minimum absolute atomic E-state index is 0.0134. The van der Waals surface area contributed by atoms with Gasteiger partial charge in [-0.25, -0.2) is 0 Å². The lowest BCUT2D eigenvalue weighted by Gasteiger charge is -2.19. The van der Waals surface area contributed by atoms with Crippen LogP contribution in [0.5, 0.6) is 0 Å². The molecular weight excluding hydrogens is 214 g/mol. The summed E-state index contributed by atoms with van der Waals surface area (Å²) < 4.78 is 5.11. The molecule has 0 spiro atoms. The molecule has 0 aliphatic heterocycles. The summed E-state index contributed by atoms with van der Waals surface area (Å²) in [4.78, 5) is 13.7. The quantitative estimate of drug-likeness (QED) is 0.728. The minimum Gasteiger partial charge on any atom is -0.469 e. The van der Waals surface area contributed by atoms with Gasteiger partial charge in [0.1, 0.15) is 12.0 Å². The van der Waals surface area contributed by atoms with Crippen molar-refractivity contribution in [2.45, 2.75) is 20.3 Å². The van der Waals surface area contributed by atoms with Crippen LogP contribution in [0.25, 0.3) is 0 Å². The normalized spacial score (nSPS) is 10.3. The highest BCUT2D eigenvalue weighted by Gasteiger charge is 2.15. The lowest BCUT2D eigenvalue weighted by atomic mass is 10.2. The number of hydrogen-bond donors (Lipinski definition) is 0. The second-order valence-electron chi connectivity index (χ2n) is 3.37. The van der Waals surface area contributed by atoms with Crippen LogP contribution in [0.2, 0.25) is 0 Å². The van der Waals surface area contributed by atoms with Gasteiger partial charge >= 0.3 is 0 Å². The van der Waals surface area contributed by atoms with Gasteiger partial charge in [0.2, 0.25) is 0 Å². The molecule has 1 heterocycles. The van der Waals surface area contributed by atoms with Crippen LogP contribution in [-0.4, -0.2) is 29.8 Å². The van der Waals surface area contributed by atoms with E-state index in [1.165, 1.54) is 6.26 Å². The van der Waals surface area contributed by atoms with Gasteiger partial charge in [0.05, 0.1) is 5.56 Å². The molecule has 0 radical (unpaired) electrons. The van der Waals surface area contributed by atoms with Crippen molar-refractivity contribution in [3.05, 3.63) is 23.7 Å². The highest BCUT2D eigenvalue weighted by molar-refractivity contribution is 6.17. The highest BCUT2D eigenvalue weighted by atomic mass is 35.5. The van der Waals surface area contributed by atoms with Gasteiger partial charge in [-0.1, -0.05) is 0 Å². The fourth-order valence-corrected chi connectivity index (χ4v) is 1.51. The van der Waals surface area contributed by atoms with Crippen LogP contribution in [0.1, 0.15) is 29.5 Å². The number of rotatable bonds is 5. The summed E-state index contributed by atoms with van der Waals surface area (Å²) in [5.41, 5.74) is 0.615. The summed E-state index contributed by atoms with van der Waals surface area (Å²) >= 11 is 5.60. The third kappa shape index (κ3) is 3.27. The van der Waals surface area contributed by atoms with Crippen molar-refractivity contribution < 1.29 is 9.21 Å². The number of alkyl halides is 1. The standard InChI is InChI=1S/C11H16ClNO2/c1-3-13(6-4-5-12)11(14)10-7-9(2)15-8-10/h7-8H,3-6H2,1-2H3. The van der Waals surface area contributed by atoms with Gasteiger partial charge in [0, 0.05) is 19.0 Å². The Labute approximate surface area is 95.0 Å². The average Bonchev–Trinajstić information content (AvgIpc) is 2.65. The first-order chi connectivity index (χ1) is 7.19. The Morgan fingerprint density at radius 2 is 2.33 bits per heavy atom. The molecule has 15 heavy (non-hydrogen) atoms. The van der Waals surface area contributed by atoms with Crippen molar-refractivity contribution in [3.63, 3.8) is 0 Å². The summed E-state index contributed by atoms with van der Waals surface area (Å²) in [6.45, 7) is 5.17. The third-order valence-corrected chi connectivity index (χ3v) is 2.48. The molecule has 1 aromatic rings. The lowest BCUT2D eigenvalue weighted by molar-refractivity contribution is 0.0764. The maximum absolute atomic E-state index is 11.9. The fourth-order valence-electron chi connectivity index (χ4n) is 1.39. The SMILES string of the molecule is CCN(CCCCl)C(=O)c1coc(C)c1. The summed E-state index contributed by atoms with van der Waals surface area (Å²) in [6, 6.07) is 1.76. The van der Waals surface area contributed by atoms with Crippen LogP contribution in [0, 0.1) is 6.92 Å². The van der Waals surface area contributed by atoms with E-state index in [1.807, 2.05) is 13.8 Å². The number of amides is 1. The number of halogens is 1. The van der Waals surface area contributed by atoms with Gasteiger partial charge in [-0.15, -0.1) is 11.6 Å². The van der Waals surface area contributed by atoms with Crippen LogP contribution in [0.15, 0.2) is 16.7 Å². The zero-order valence-corrected chi connectivity index (χ0v) is 9.88. The zero-order valence-electron chi connectivity index (χ0n) is 9.12. The third-order valence-electron chi connectivity index (χ3n) is 2.21. The smallest absolute Gasteiger partial charge is 0.257 e. The molecule has 84 valence electrons. The van der Waals surface area contributed by atoms with E-state index in [4.69, 9.17) is 16.0 Å². The molecule has 0 atom stereocenters. The van der Waals surface area contributed by atoms with Crippen molar-refractivity contribution >= 4 is 17.5 Å². The number of furan rings is 1. The molecule has 1 aromatic heterocycles. The Morgan fingerprint density at radius 3 is 2.80 bits per heavy atom. The Kier molecular flexibility index (Phi) is 4.69. The molecule has 0 saturated heterocycles. The Morgan fingerprint density at radius 1 is 1.60 bits per heavy atom. The van der Waals surface area contributed by atoms with E-state index < -0.39 is 0 Å². The molecule has 1 rings (SSSR count). The van der Waals surface area contributed by atoms with Crippen molar-refractivity contribution in [3.8, 4) is 0 Å². The second-order valence-corrected chi connectivity index (χ2v) is 3.75. The maximum atomic E-state index is 11.9. The minimum atomic E-state index is 0.0134. The maximum Gasteiger partial charge on any atom is 0.257 e. The highest BCUT2D eigenvalue weighted by Crippen LogP contribution is 2.10. The molecule has 3 nitrogen and oxygen atoms in total. The van der Waals surface area contributed by atoms with Crippen LogP contribution >= 0.6 is 11.6 Å². The average molecular weight is 230 g/mol. The fraction of sp³-hybridized carbons (Fsp3) is 0.545. The Bertz CT molecular complexity index is 322. The molecule has 1 amide bonds. The predicted molar refractivity (Wildman–Crippen MR) is 60.4 cm³/mol. The molecule has 0 aliphatic rings. The van der Waals surface area contributed by atoms with Gasteiger partial charge in [0.15, 0.2) is 0 Å². The van der Waals surface area contributed by atoms with Gasteiger partial charge < -0.3 is 9.32 Å². The topological polar surface area (TPSA) is 33.5 Å². The van der Waals surface area contributed by atoms with Gasteiger partial charge in [-0.2, -0.15) is 0 Å². The van der Waals surface area contributed by atoms with Crippen molar-refractivity contribution in [2.75, 3.05) is 19.0 Å². The van der Waals surface area contributed by atoms with Gasteiger partial charge in [-0.05, 0) is 26.3 Å². The first-order valence-electron chi connectivity index (χ1n) is 5.09. The van der Waals surface area contributed by atoms with E-state index in [2.05, 4.69) is 0 Å². The van der Waals surface area contributed by atoms with E-state index in [0.717, 1.165) is 12.2 Å². The summed E-state index contributed by atoms with van der Waals surface area (Å²) in [5.74, 6) is 1.35. The number of aryl methyl sites for hydroxylation is 1. The predicted octanol–water partition coefficient (Wildman–Crippen LogP) is 2.68. The van der Waals surface area contributed by atoms with Crippen LogP contribution in [0.3, 0.4) is 0 Å². The first-order valence-corrected chi connectivity index (χ1v) is 5.62. The zero-order chi connectivity index (χ0) is 11.3. The van der Waals surface area contributed by atoms with Crippen LogP contribution < -0.4 is 0 Å². The molecule has 0 aromatic carbocycles. The second kappa shape index (κ2) is 5.81. The summed E-state index contributed by atoms with van der Waals surface area (Å²) in [6.07, 6.45) is 2.32. The van der Waals surface area contributed by atoms with Crippen LogP contribution in [0.4, 0.5) is 0 Å². The monoisotopic (exact) mass is 229 g/mol. The van der Waals surface area contributed by atoms with Gasteiger partial charge in [0.25, 0.3) is 5.91 Å². The van der Waals surface area contributed by atoms with E-state index in [0.29, 0.717) is 24.5 Å². The Hall–Kier alpha value is -0.960. The van der Waals surface area contributed by atoms with Crippen molar-refractivity contribution in [1.82, 2.24) is 4.90 Å².